The number of carbonyl (C=O) groups is 1. The van der Waals surface area contributed by atoms with Crippen molar-refractivity contribution in [2.75, 3.05) is 25.1 Å². The van der Waals surface area contributed by atoms with Crippen LogP contribution in [0.1, 0.15) is 39.2 Å². The standard InChI is InChI=1S/C21H28N6O2/c1-21(2,3)29-20(28)27-10-4-5-17(15-27)14-24-13-16-6-8-18(9-7-16)25-26-19(11-22)12-23/h6-9,17,24-25H,4-5,10,13-15H2,1-3H3. The molecule has 0 saturated carbocycles. The molecule has 1 unspecified atom stereocenters. The molecule has 1 amide bonds. The summed E-state index contributed by atoms with van der Waals surface area (Å²) in [6.45, 7) is 8.66. The van der Waals surface area contributed by atoms with Crippen LogP contribution in [-0.2, 0) is 11.3 Å². The number of nitrogens with one attached hydrogen (secondary N) is 2. The SMILES string of the molecule is CC(C)(C)OC(=O)N1CCCC(CNCc2ccc(NN=C(C#N)C#N)cc2)C1. The molecule has 1 heterocycles. The molecule has 0 radical (unpaired) electrons. The maximum atomic E-state index is 12.3. The number of likely N-dealkylation sites (tertiary alicyclic amines) is 1. The van der Waals surface area contributed by atoms with E-state index < -0.39 is 5.60 Å². The van der Waals surface area contributed by atoms with E-state index in [1.54, 1.807) is 17.0 Å². The lowest BCUT2D eigenvalue weighted by molar-refractivity contribution is 0.0166. The molecule has 2 N–H and O–H groups in total. The van der Waals surface area contributed by atoms with Crippen LogP contribution in [0.15, 0.2) is 29.4 Å². The van der Waals surface area contributed by atoms with Gasteiger partial charge in [-0.3, -0.25) is 5.43 Å². The third-order valence-corrected chi connectivity index (χ3v) is 4.40. The number of hydrogen-bond donors (Lipinski definition) is 2. The third-order valence-electron chi connectivity index (χ3n) is 4.40. The van der Waals surface area contributed by atoms with Crippen LogP contribution < -0.4 is 10.7 Å². The van der Waals surface area contributed by atoms with E-state index >= 15 is 0 Å². The van der Waals surface area contributed by atoms with Crippen molar-refractivity contribution >= 4 is 17.5 Å². The van der Waals surface area contributed by atoms with Crippen LogP contribution in [0.25, 0.3) is 0 Å². The van der Waals surface area contributed by atoms with Gasteiger partial charge in [0, 0.05) is 19.6 Å². The number of ether oxygens (including phenoxy) is 1. The molecule has 0 spiro atoms. The lowest BCUT2D eigenvalue weighted by Crippen LogP contribution is -2.44. The molecule has 1 saturated heterocycles. The number of amides is 1. The van der Waals surface area contributed by atoms with Crippen LogP contribution in [0.2, 0.25) is 0 Å². The van der Waals surface area contributed by atoms with Gasteiger partial charge in [-0.1, -0.05) is 12.1 Å². The van der Waals surface area contributed by atoms with Crippen LogP contribution in [-0.4, -0.2) is 41.9 Å². The summed E-state index contributed by atoms with van der Waals surface area (Å²) in [5.41, 5.74) is 3.81. The normalized spacial score (nSPS) is 16.3. The van der Waals surface area contributed by atoms with E-state index in [2.05, 4.69) is 15.8 Å². The number of anilines is 1. The Balaban J connectivity index is 1.77. The summed E-state index contributed by atoms with van der Waals surface area (Å²) in [5, 5.41) is 24.5. The molecule has 0 bridgehead atoms. The minimum Gasteiger partial charge on any atom is -0.444 e. The Morgan fingerprint density at radius 2 is 1.97 bits per heavy atom. The number of benzene rings is 1. The molecule has 0 aromatic heterocycles. The smallest absolute Gasteiger partial charge is 0.410 e. The molecule has 0 aliphatic carbocycles. The predicted octanol–water partition coefficient (Wildman–Crippen LogP) is 3.24. The monoisotopic (exact) mass is 396 g/mol. The van der Waals surface area contributed by atoms with E-state index in [-0.39, 0.29) is 11.8 Å². The number of hydrogen-bond acceptors (Lipinski definition) is 7. The molecule has 2 rings (SSSR count). The maximum absolute atomic E-state index is 12.3. The van der Waals surface area contributed by atoms with Crippen molar-refractivity contribution in [2.45, 2.75) is 45.8 Å². The molecular formula is C21H28N6O2. The number of nitrogens with zero attached hydrogens (tertiary/aromatic N) is 4. The zero-order chi connectivity index (χ0) is 21.3. The maximum Gasteiger partial charge on any atom is 0.410 e. The minimum absolute atomic E-state index is 0.219. The van der Waals surface area contributed by atoms with E-state index in [0.29, 0.717) is 24.7 Å². The summed E-state index contributed by atoms with van der Waals surface area (Å²) >= 11 is 0. The average molecular weight is 396 g/mol. The van der Waals surface area contributed by atoms with Crippen molar-refractivity contribution < 1.29 is 9.53 Å². The fourth-order valence-electron chi connectivity index (χ4n) is 3.04. The second kappa shape index (κ2) is 10.4. The Morgan fingerprint density at radius 3 is 2.59 bits per heavy atom. The molecule has 154 valence electrons. The Bertz CT molecular complexity index is 782. The number of carbonyl (C=O) groups excluding carboxylic acids is 1. The fourth-order valence-corrected chi connectivity index (χ4v) is 3.04. The van der Waals surface area contributed by atoms with Crippen LogP contribution >= 0.6 is 0 Å². The molecule has 1 aliphatic heterocycles. The fraction of sp³-hybridized carbons (Fsp3) is 0.524. The zero-order valence-corrected chi connectivity index (χ0v) is 17.2. The first-order valence-electron chi connectivity index (χ1n) is 9.72. The van der Waals surface area contributed by atoms with Gasteiger partial charge in [-0.25, -0.2) is 4.79 Å². The van der Waals surface area contributed by atoms with Crippen molar-refractivity contribution in [1.82, 2.24) is 10.2 Å². The quantitative estimate of drug-likeness (QED) is 0.564. The van der Waals surface area contributed by atoms with Crippen molar-refractivity contribution in [3.63, 3.8) is 0 Å². The number of rotatable bonds is 6. The lowest BCUT2D eigenvalue weighted by atomic mass is 9.98. The summed E-state index contributed by atoms with van der Waals surface area (Å²) < 4.78 is 5.48. The molecule has 1 fully saturated rings. The number of piperidine rings is 1. The van der Waals surface area contributed by atoms with Crippen molar-refractivity contribution in [1.29, 1.82) is 10.5 Å². The summed E-state index contributed by atoms with van der Waals surface area (Å²) in [5.74, 6) is 0.405. The van der Waals surface area contributed by atoms with Gasteiger partial charge in [-0.2, -0.15) is 15.6 Å². The highest BCUT2D eigenvalue weighted by Crippen LogP contribution is 2.19. The van der Waals surface area contributed by atoms with Gasteiger partial charge in [-0.15, -0.1) is 0 Å². The first-order valence-corrected chi connectivity index (χ1v) is 9.72. The predicted molar refractivity (Wildman–Crippen MR) is 111 cm³/mol. The van der Waals surface area contributed by atoms with Crippen molar-refractivity contribution in [3.8, 4) is 12.1 Å². The zero-order valence-electron chi connectivity index (χ0n) is 17.2. The average Bonchev–Trinajstić information content (AvgIpc) is 2.69. The summed E-state index contributed by atoms with van der Waals surface area (Å²) in [4.78, 5) is 14.1. The molecule has 29 heavy (non-hydrogen) atoms. The second-order valence-electron chi connectivity index (χ2n) is 8.06. The molecular weight excluding hydrogens is 368 g/mol. The summed E-state index contributed by atoms with van der Waals surface area (Å²) in [6, 6.07) is 11.0. The Labute approximate surface area is 172 Å². The van der Waals surface area contributed by atoms with Gasteiger partial charge in [0.2, 0.25) is 5.71 Å². The van der Waals surface area contributed by atoms with E-state index in [9.17, 15) is 4.79 Å². The molecule has 8 nitrogen and oxygen atoms in total. The van der Waals surface area contributed by atoms with Gasteiger partial charge < -0.3 is 15.0 Å². The molecule has 8 heteroatoms. The Morgan fingerprint density at radius 1 is 1.28 bits per heavy atom. The molecule has 1 atom stereocenters. The highest BCUT2D eigenvalue weighted by Gasteiger charge is 2.27. The first kappa shape index (κ1) is 22.2. The van der Waals surface area contributed by atoms with E-state index in [1.165, 1.54) is 0 Å². The van der Waals surface area contributed by atoms with Crippen molar-refractivity contribution in [3.05, 3.63) is 29.8 Å². The Hall–Kier alpha value is -3.10. The van der Waals surface area contributed by atoms with E-state index in [4.69, 9.17) is 15.3 Å². The molecule has 1 aromatic carbocycles. The highest BCUT2D eigenvalue weighted by molar-refractivity contribution is 6.10. The lowest BCUT2D eigenvalue weighted by Gasteiger charge is -2.34. The second-order valence-corrected chi connectivity index (χ2v) is 8.06. The Kier molecular flexibility index (Phi) is 7.99. The summed E-state index contributed by atoms with van der Waals surface area (Å²) in [7, 11) is 0. The van der Waals surface area contributed by atoms with E-state index in [0.717, 1.165) is 31.5 Å². The first-order chi connectivity index (χ1) is 13.8. The van der Waals surface area contributed by atoms with Gasteiger partial charge >= 0.3 is 6.09 Å². The van der Waals surface area contributed by atoms with E-state index in [1.807, 2.05) is 45.0 Å². The topological polar surface area (TPSA) is 114 Å². The highest BCUT2D eigenvalue weighted by atomic mass is 16.6. The van der Waals surface area contributed by atoms with Gasteiger partial charge in [0.05, 0.1) is 5.69 Å². The minimum atomic E-state index is -0.473. The van der Waals surface area contributed by atoms with Crippen LogP contribution in [0.5, 0.6) is 0 Å². The van der Waals surface area contributed by atoms with Gasteiger partial charge in [0.25, 0.3) is 0 Å². The number of hydrazone groups is 1. The number of nitriles is 2. The van der Waals surface area contributed by atoms with Crippen molar-refractivity contribution in [2.24, 2.45) is 11.0 Å². The van der Waals surface area contributed by atoms with Crippen LogP contribution in [0.3, 0.4) is 0 Å². The largest absolute Gasteiger partial charge is 0.444 e. The van der Waals surface area contributed by atoms with Gasteiger partial charge in [0.15, 0.2) is 0 Å². The molecule has 1 aliphatic rings. The molecule has 1 aromatic rings. The third kappa shape index (κ3) is 7.81. The van der Waals surface area contributed by atoms with Crippen LogP contribution in [0, 0.1) is 28.6 Å². The van der Waals surface area contributed by atoms with Gasteiger partial charge in [0.1, 0.15) is 17.7 Å². The summed E-state index contributed by atoms with van der Waals surface area (Å²) in [6.07, 6.45) is 1.84. The van der Waals surface area contributed by atoms with Crippen LogP contribution in [0.4, 0.5) is 10.5 Å². The van der Waals surface area contributed by atoms with Gasteiger partial charge in [-0.05, 0) is 63.8 Å².